The SMILES string of the molecule is CN(C(=O)c1cc2c(s1)-c1ccccc1C(C)(C)C2)C1CCNCC1. The van der Waals surface area contributed by atoms with Gasteiger partial charge in [0.25, 0.3) is 5.91 Å². The zero-order valence-electron chi connectivity index (χ0n) is 15.3. The summed E-state index contributed by atoms with van der Waals surface area (Å²) >= 11 is 1.67. The number of nitrogens with one attached hydrogen (secondary N) is 1. The summed E-state index contributed by atoms with van der Waals surface area (Å²) in [5.41, 5.74) is 4.15. The van der Waals surface area contributed by atoms with E-state index in [0.29, 0.717) is 6.04 Å². The number of piperidine rings is 1. The first-order valence-corrected chi connectivity index (χ1v) is 9.99. The lowest BCUT2D eigenvalue weighted by molar-refractivity contribution is 0.0708. The molecule has 1 aromatic heterocycles. The molecule has 1 amide bonds. The van der Waals surface area contributed by atoms with Crippen molar-refractivity contribution in [2.24, 2.45) is 0 Å². The molecule has 1 saturated heterocycles. The lowest BCUT2D eigenvalue weighted by Gasteiger charge is -2.32. The average molecular weight is 355 g/mol. The monoisotopic (exact) mass is 354 g/mol. The third kappa shape index (κ3) is 2.91. The van der Waals surface area contributed by atoms with Gasteiger partial charge in [-0.1, -0.05) is 38.1 Å². The van der Waals surface area contributed by atoms with E-state index in [9.17, 15) is 4.79 Å². The Morgan fingerprint density at radius 1 is 1.24 bits per heavy atom. The van der Waals surface area contributed by atoms with Crippen LogP contribution in [0.25, 0.3) is 10.4 Å². The van der Waals surface area contributed by atoms with E-state index in [-0.39, 0.29) is 11.3 Å². The standard InChI is InChI=1S/C21H26N2OS/c1-21(2)13-14-12-18(20(24)23(3)15-8-10-22-11-9-15)25-19(14)16-6-4-5-7-17(16)21/h4-7,12,15,22H,8-11,13H2,1-3H3. The van der Waals surface area contributed by atoms with Gasteiger partial charge in [0.1, 0.15) is 0 Å². The third-order valence-corrected chi connectivity index (χ3v) is 6.93. The van der Waals surface area contributed by atoms with Crippen LogP contribution < -0.4 is 5.32 Å². The number of amides is 1. The van der Waals surface area contributed by atoms with E-state index in [1.165, 1.54) is 21.6 Å². The number of nitrogens with zero attached hydrogens (tertiary/aromatic N) is 1. The molecule has 1 aliphatic heterocycles. The minimum Gasteiger partial charge on any atom is -0.338 e. The quantitative estimate of drug-likeness (QED) is 0.881. The summed E-state index contributed by atoms with van der Waals surface area (Å²) in [6.45, 7) is 6.61. The molecule has 132 valence electrons. The number of carbonyl (C=O) groups is 1. The maximum Gasteiger partial charge on any atom is 0.263 e. The van der Waals surface area contributed by atoms with Crippen molar-refractivity contribution >= 4 is 17.2 Å². The zero-order chi connectivity index (χ0) is 17.6. The van der Waals surface area contributed by atoms with E-state index < -0.39 is 0 Å². The van der Waals surface area contributed by atoms with Crippen LogP contribution in [0.1, 0.15) is 47.5 Å². The maximum atomic E-state index is 13.1. The smallest absolute Gasteiger partial charge is 0.263 e. The fraction of sp³-hybridized carbons (Fsp3) is 0.476. The molecular weight excluding hydrogens is 328 g/mol. The molecule has 1 N–H and O–H groups in total. The van der Waals surface area contributed by atoms with Crippen molar-refractivity contribution in [2.45, 2.75) is 44.6 Å². The predicted molar refractivity (Wildman–Crippen MR) is 104 cm³/mol. The van der Waals surface area contributed by atoms with Crippen LogP contribution in [0.3, 0.4) is 0 Å². The molecule has 1 aromatic carbocycles. The second kappa shape index (κ2) is 6.26. The van der Waals surface area contributed by atoms with Crippen molar-refractivity contribution in [3.63, 3.8) is 0 Å². The average Bonchev–Trinajstić information content (AvgIpc) is 3.04. The van der Waals surface area contributed by atoms with Gasteiger partial charge in [-0.2, -0.15) is 0 Å². The molecule has 25 heavy (non-hydrogen) atoms. The first kappa shape index (κ1) is 16.8. The highest BCUT2D eigenvalue weighted by atomic mass is 32.1. The Kier molecular flexibility index (Phi) is 4.20. The molecule has 0 unspecified atom stereocenters. The first-order valence-electron chi connectivity index (χ1n) is 9.18. The summed E-state index contributed by atoms with van der Waals surface area (Å²) in [4.78, 5) is 17.2. The molecule has 3 nitrogen and oxygen atoms in total. The largest absolute Gasteiger partial charge is 0.338 e. The molecule has 2 heterocycles. The lowest BCUT2D eigenvalue weighted by Crippen LogP contribution is -2.43. The Morgan fingerprint density at radius 3 is 2.72 bits per heavy atom. The van der Waals surface area contributed by atoms with Crippen LogP contribution in [0.5, 0.6) is 0 Å². The summed E-state index contributed by atoms with van der Waals surface area (Å²) in [5, 5.41) is 3.37. The van der Waals surface area contributed by atoms with Gasteiger partial charge in [0, 0.05) is 18.0 Å². The van der Waals surface area contributed by atoms with Crippen LogP contribution in [0.15, 0.2) is 30.3 Å². The van der Waals surface area contributed by atoms with Gasteiger partial charge in [0.05, 0.1) is 4.88 Å². The minimum atomic E-state index is 0.117. The summed E-state index contributed by atoms with van der Waals surface area (Å²) in [6, 6.07) is 11.2. The number of benzene rings is 1. The van der Waals surface area contributed by atoms with E-state index in [4.69, 9.17) is 0 Å². The number of hydrogen-bond donors (Lipinski definition) is 1. The molecule has 0 atom stereocenters. The van der Waals surface area contributed by atoms with Gasteiger partial charge < -0.3 is 10.2 Å². The highest BCUT2D eigenvalue weighted by Crippen LogP contribution is 2.46. The van der Waals surface area contributed by atoms with Crippen molar-refractivity contribution in [1.29, 1.82) is 0 Å². The van der Waals surface area contributed by atoms with E-state index in [2.05, 4.69) is 49.5 Å². The highest BCUT2D eigenvalue weighted by Gasteiger charge is 2.33. The minimum absolute atomic E-state index is 0.117. The fourth-order valence-electron chi connectivity index (χ4n) is 4.27. The van der Waals surface area contributed by atoms with Crippen LogP contribution in [0.4, 0.5) is 0 Å². The summed E-state index contributed by atoms with van der Waals surface area (Å²) in [7, 11) is 1.97. The predicted octanol–water partition coefficient (Wildman–Crippen LogP) is 4.07. The van der Waals surface area contributed by atoms with Gasteiger partial charge in [-0.05, 0) is 60.5 Å². The molecule has 4 heteroatoms. The molecule has 0 spiro atoms. The molecule has 0 bridgehead atoms. The topological polar surface area (TPSA) is 32.3 Å². The molecule has 2 aromatic rings. The van der Waals surface area contributed by atoms with Crippen LogP contribution in [-0.4, -0.2) is 37.0 Å². The Labute approximate surface area is 154 Å². The number of carbonyl (C=O) groups excluding carboxylic acids is 1. The van der Waals surface area contributed by atoms with Gasteiger partial charge in [0.2, 0.25) is 0 Å². The van der Waals surface area contributed by atoms with Crippen LogP contribution in [0, 0.1) is 0 Å². The van der Waals surface area contributed by atoms with Crippen molar-refractivity contribution in [3.05, 3.63) is 46.3 Å². The molecule has 1 fully saturated rings. The van der Waals surface area contributed by atoms with Crippen molar-refractivity contribution in [3.8, 4) is 10.4 Å². The number of thiophene rings is 1. The molecule has 2 aliphatic rings. The highest BCUT2D eigenvalue weighted by molar-refractivity contribution is 7.17. The maximum absolute atomic E-state index is 13.1. The third-order valence-electron chi connectivity index (χ3n) is 5.73. The van der Waals surface area contributed by atoms with Gasteiger partial charge in [-0.15, -0.1) is 11.3 Å². The van der Waals surface area contributed by atoms with Gasteiger partial charge >= 0.3 is 0 Å². The van der Waals surface area contributed by atoms with Crippen LogP contribution >= 0.6 is 11.3 Å². The number of hydrogen-bond acceptors (Lipinski definition) is 3. The molecule has 4 rings (SSSR count). The van der Waals surface area contributed by atoms with E-state index in [1.807, 2.05) is 11.9 Å². The van der Waals surface area contributed by atoms with Crippen LogP contribution in [-0.2, 0) is 11.8 Å². The Morgan fingerprint density at radius 2 is 1.96 bits per heavy atom. The number of fused-ring (bicyclic) bond motifs is 3. The van der Waals surface area contributed by atoms with Gasteiger partial charge in [-0.25, -0.2) is 0 Å². The molecule has 0 radical (unpaired) electrons. The Bertz CT molecular complexity index is 802. The van der Waals surface area contributed by atoms with Crippen molar-refractivity contribution < 1.29 is 4.79 Å². The second-order valence-electron chi connectivity index (χ2n) is 7.97. The van der Waals surface area contributed by atoms with Gasteiger partial charge in [-0.3, -0.25) is 4.79 Å². The Balaban J connectivity index is 1.67. The molecule has 0 saturated carbocycles. The normalized spacial score (nSPS) is 19.2. The summed E-state index contributed by atoms with van der Waals surface area (Å²) < 4.78 is 0. The summed E-state index contributed by atoms with van der Waals surface area (Å²) in [5.74, 6) is 0.182. The molecule has 1 aliphatic carbocycles. The lowest BCUT2D eigenvalue weighted by atomic mass is 9.73. The number of rotatable bonds is 2. The Hall–Kier alpha value is -1.65. The van der Waals surface area contributed by atoms with Crippen LogP contribution in [0.2, 0.25) is 0 Å². The van der Waals surface area contributed by atoms with E-state index in [0.717, 1.165) is 37.2 Å². The summed E-state index contributed by atoms with van der Waals surface area (Å²) in [6.07, 6.45) is 3.09. The molecular formula is C21H26N2OS. The van der Waals surface area contributed by atoms with E-state index in [1.54, 1.807) is 11.3 Å². The fourth-order valence-corrected chi connectivity index (χ4v) is 5.47. The van der Waals surface area contributed by atoms with Crippen molar-refractivity contribution in [2.75, 3.05) is 20.1 Å². The van der Waals surface area contributed by atoms with E-state index >= 15 is 0 Å². The second-order valence-corrected chi connectivity index (χ2v) is 9.02. The van der Waals surface area contributed by atoms with Crippen molar-refractivity contribution in [1.82, 2.24) is 10.2 Å². The first-order chi connectivity index (χ1) is 12.0. The zero-order valence-corrected chi connectivity index (χ0v) is 16.1. The van der Waals surface area contributed by atoms with Gasteiger partial charge in [0.15, 0.2) is 0 Å².